The molecule has 1 aromatic heterocycles. The zero-order chi connectivity index (χ0) is 17.6. The number of benzene rings is 1. The lowest BCUT2D eigenvalue weighted by Crippen LogP contribution is -2.28. The number of amides is 2. The molecule has 0 spiro atoms. The number of pyridine rings is 1. The summed E-state index contributed by atoms with van der Waals surface area (Å²) in [5, 5.41) is 2.80. The molecule has 1 saturated heterocycles. The van der Waals surface area contributed by atoms with E-state index in [9.17, 15) is 9.59 Å². The highest BCUT2D eigenvalue weighted by molar-refractivity contribution is 6.05. The molecule has 1 aromatic carbocycles. The average Bonchev–Trinajstić information content (AvgIpc) is 3.18. The molecular formula is C19H21N3O3. The second-order valence-corrected chi connectivity index (χ2v) is 5.81. The summed E-state index contributed by atoms with van der Waals surface area (Å²) in [6, 6.07) is 10.4. The molecule has 1 aliphatic rings. The van der Waals surface area contributed by atoms with E-state index < -0.39 is 0 Å². The summed E-state index contributed by atoms with van der Waals surface area (Å²) < 4.78 is 5.51. The Morgan fingerprint density at radius 2 is 1.96 bits per heavy atom. The Bertz CT molecular complexity index is 770. The van der Waals surface area contributed by atoms with E-state index in [1.165, 1.54) is 6.20 Å². The molecular weight excluding hydrogens is 318 g/mol. The minimum Gasteiger partial charge on any atom is -0.492 e. The van der Waals surface area contributed by atoms with Crippen LogP contribution in [-0.2, 0) is 0 Å². The number of aromatic nitrogens is 1. The first-order valence-electron chi connectivity index (χ1n) is 8.47. The predicted molar refractivity (Wildman–Crippen MR) is 94.9 cm³/mol. The Hall–Kier alpha value is -2.89. The van der Waals surface area contributed by atoms with Crippen LogP contribution in [-0.4, -0.2) is 41.4 Å². The van der Waals surface area contributed by atoms with Crippen molar-refractivity contribution < 1.29 is 14.3 Å². The van der Waals surface area contributed by atoms with Gasteiger partial charge in [0.05, 0.1) is 12.3 Å². The van der Waals surface area contributed by atoms with Gasteiger partial charge in [0, 0.05) is 24.8 Å². The van der Waals surface area contributed by atoms with E-state index in [1.807, 2.05) is 19.1 Å². The van der Waals surface area contributed by atoms with Crippen molar-refractivity contribution in [1.82, 2.24) is 9.88 Å². The van der Waals surface area contributed by atoms with E-state index in [2.05, 4.69) is 10.3 Å². The monoisotopic (exact) mass is 339 g/mol. The summed E-state index contributed by atoms with van der Waals surface area (Å²) in [4.78, 5) is 30.9. The highest BCUT2D eigenvalue weighted by Crippen LogP contribution is 2.24. The summed E-state index contributed by atoms with van der Waals surface area (Å²) in [7, 11) is 0. The number of carbonyl (C=O) groups excluding carboxylic acids is 2. The van der Waals surface area contributed by atoms with Gasteiger partial charge in [0.1, 0.15) is 11.4 Å². The Kier molecular flexibility index (Phi) is 5.28. The largest absolute Gasteiger partial charge is 0.492 e. The molecule has 0 aliphatic carbocycles. The fraction of sp³-hybridized carbons (Fsp3) is 0.316. The topological polar surface area (TPSA) is 71.5 Å². The number of nitrogens with zero attached hydrogens (tertiary/aromatic N) is 2. The third-order valence-corrected chi connectivity index (χ3v) is 4.07. The van der Waals surface area contributed by atoms with Crippen LogP contribution in [0.15, 0.2) is 42.6 Å². The number of nitrogens with one attached hydrogen (secondary N) is 1. The number of rotatable bonds is 5. The Morgan fingerprint density at radius 3 is 2.72 bits per heavy atom. The van der Waals surface area contributed by atoms with Crippen LogP contribution >= 0.6 is 0 Å². The van der Waals surface area contributed by atoms with Gasteiger partial charge in [-0.25, -0.2) is 0 Å². The Morgan fingerprint density at radius 1 is 1.20 bits per heavy atom. The van der Waals surface area contributed by atoms with Gasteiger partial charge in [-0.1, -0.05) is 12.1 Å². The molecule has 0 bridgehead atoms. The molecule has 0 radical (unpaired) electrons. The van der Waals surface area contributed by atoms with Crippen molar-refractivity contribution in [2.24, 2.45) is 0 Å². The molecule has 2 heterocycles. The number of carbonyl (C=O) groups is 2. The summed E-state index contributed by atoms with van der Waals surface area (Å²) in [5.41, 5.74) is 1.27. The predicted octanol–water partition coefficient (Wildman–Crippen LogP) is 2.97. The van der Waals surface area contributed by atoms with Gasteiger partial charge >= 0.3 is 0 Å². The molecule has 3 rings (SSSR count). The zero-order valence-electron chi connectivity index (χ0n) is 14.2. The van der Waals surface area contributed by atoms with Crippen LogP contribution < -0.4 is 10.1 Å². The summed E-state index contributed by atoms with van der Waals surface area (Å²) in [6.07, 6.45) is 3.55. The third kappa shape index (κ3) is 3.96. The van der Waals surface area contributed by atoms with Crippen LogP contribution in [0.3, 0.4) is 0 Å². The molecule has 6 heteroatoms. The molecule has 1 fully saturated rings. The minimum absolute atomic E-state index is 0.0522. The lowest BCUT2D eigenvalue weighted by atomic mass is 10.2. The number of anilines is 1. The van der Waals surface area contributed by atoms with Gasteiger partial charge < -0.3 is 15.0 Å². The molecule has 2 aromatic rings. The maximum absolute atomic E-state index is 12.5. The van der Waals surface area contributed by atoms with Gasteiger partial charge in [0.25, 0.3) is 11.8 Å². The maximum Gasteiger partial charge on any atom is 0.274 e. The van der Waals surface area contributed by atoms with Gasteiger partial charge in [-0.05, 0) is 44.0 Å². The van der Waals surface area contributed by atoms with Crippen LogP contribution in [0.2, 0.25) is 0 Å². The van der Waals surface area contributed by atoms with E-state index >= 15 is 0 Å². The van der Waals surface area contributed by atoms with Crippen molar-refractivity contribution in [3.63, 3.8) is 0 Å². The first-order chi connectivity index (χ1) is 12.2. The van der Waals surface area contributed by atoms with Crippen LogP contribution in [0.25, 0.3) is 0 Å². The molecule has 130 valence electrons. The SMILES string of the molecule is CCOc1ccccc1NC(=O)c1cc(C(=O)N2CCCC2)ccn1. The second-order valence-electron chi connectivity index (χ2n) is 5.81. The normalized spacial score (nSPS) is 13.6. The van der Waals surface area contributed by atoms with E-state index in [4.69, 9.17) is 4.74 Å². The number of likely N-dealkylation sites (tertiary alicyclic amines) is 1. The van der Waals surface area contributed by atoms with E-state index in [-0.39, 0.29) is 17.5 Å². The van der Waals surface area contributed by atoms with Crippen LogP contribution in [0.1, 0.15) is 40.6 Å². The van der Waals surface area contributed by atoms with Gasteiger partial charge in [0.15, 0.2) is 0 Å². The fourth-order valence-electron chi connectivity index (χ4n) is 2.83. The number of hydrogen-bond acceptors (Lipinski definition) is 4. The maximum atomic E-state index is 12.5. The molecule has 2 amide bonds. The Labute approximate surface area is 146 Å². The molecule has 25 heavy (non-hydrogen) atoms. The molecule has 6 nitrogen and oxygen atoms in total. The standard InChI is InChI=1S/C19H21N3O3/c1-2-25-17-8-4-3-7-15(17)21-18(23)16-13-14(9-10-20-16)19(24)22-11-5-6-12-22/h3-4,7-10,13H,2,5-6,11-12H2,1H3,(H,21,23). The summed E-state index contributed by atoms with van der Waals surface area (Å²) >= 11 is 0. The summed E-state index contributed by atoms with van der Waals surface area (Å²) in [5.74, 6) is 0.175. The van der Waals surface area contributed by atoms with Crippen molar-refractivity contribution in [1.29, 1.82) is 0 Å². The molecule has 1 aliphatic heterocycles. The van der Waals surface area contributed by atoms with Crippen LogP contribution in [0, 0.1) is 0 Å². The minimum atomic E-state index is -0.372. The molecule has 0 saturated carbocycles. The quantitative estimate of drug-likeness (QED) is 0.909. The van der Waals surface area contributed by atoms with Gasteiger partial charge in [0.2, 0.25) is 0 Å². The van der Waals surface area contributed by atoms with Crippen LogP contribution in [0.5, 0.6) is 5.75 Å². The van der Waals surface area contributed by atoms with Crippen molar-refractivity contribution in [3.8, 4) is 5.75 Å². The number of para-hydroxylation sites is 2. The highest BCUT2D eigenvalue weighted by atomic mass is 16.5. The van der Waals surface area contributed by atoms with Crippen molar-refractivity contribution in [2.45, 2.75) is 19.8 Å². The lowest BCUT2D eigenvalue weighted by molar-refractivity contribution is 0.0792. The molecule has 0 unspecified atom stereocenters. The highest BCUT2D eigenvalue weighted by Gasteiger charge is 2.21. The average molecular weight is 339 g/mol. The lowest BCUT2D eigenvalue weighted by Gasteiger charge is -2.15. The van der Waals surface area contributed by atoms with Crippen LogP contribution in [0.4, 0.5) is 5.69 Å². The van der Waals surface area contributed by atoms with Crippen molar-refractivity contribution in [3.05, 3.63) is 53.9 Å². The third-order valence-electron chi connectivity index (χ3n) is 4.07. The fourth-order valence-corrected chi connectivity index (χ4v) is 2.83. The van der Waals surface area contributed by atoms with Gasteiger partial charge in [-0.3, -0.25) is 14.6 Å². The number of hydrogen-bond donors (Lipinski definition) is 1. The first kappa shape index (κ1) is 17.0. The van der Waals surface area contributed by atoms with Gasteiger partial charge in [-0.2, -0.15) is 0 Å². The Balaban J connectivity index is 1.76. The van der Waals surface area contributed by atoms with E-state index in [0.717, 1.165) is 25.9 Å². The van der Waals surface area contributed by atoms with Crippen molar-refractivity contribution >= 4 is 17.5 Å². The summed E-state index contributed by atoms with van der Waals surface area (Å²) in [6.45, 7) is 3.92. The molecule has 0 atom stereocenters. The smallest absolute Gasteiger partial charge is 0.274 e. The van der Waals surface area contributed by atoms with Crippen molar-refractivity contribution in [2.75, 3.05) is 25.0 Å². The second kappa shape index (κ2) is 7.79. The van der Waals surface area contributed by atoms with Gasteiger partial charge in [-0.15, -0.1) is 0 Å². The first-order valence-corrected chi connectivity index (χ1v) is 8.47. The zero-order valence-corrected chi connectivity index (χ0v) is 14.2. The number of ether oxygens (including phenoxy) is 1. The van der Waals surface area contributed by atoms with E-state index in [0.29, 0.717) is 23.6 Å². The molecule has 1 N–H and O–H groups in total. The van der Waals surface area contributed by atoms with E-state index in [1.54, 1.807) is 29.2 Å².